The zero-order valence-electron chi connectivity index (χ0n) is 17.6. The van der Waals surface area contributed by atoms with Gasteiger partial charge in [-0.05, 0) is 43.2 Å². The number of aromatic nitrogens is 1. The van der Waals surface area contributed by atoms with Crippen molar-refractivity contribution >= 4 is 28.6 Å². The standard InChI is InChI=1S/C22H25FN4O3/c1-12(2)19(20-13(3)16-10-14(23)6-9-18(16)30-20)26-22(29)25-15-7-8-17(24-11-15)21(28)27(4)5/h6-12,19H,1-5H3,(H2,25,26,29)/t19-/m0/s1. The minimum absolute atomic E-state index is 0.0260. The number of benzene rings is 1. The first kappa shape index (κ1) is 21.3. The van der Waals surface area contributed by atoms with Gasteiger partial charge in [-0.3, -0.25) is 4.79 Å². The van der Waals surface area contributed by atoms with E-state index in [1.54, 1.807) is 32.3 Å². The van der Waals surface area contributed by atoms with Crippen molar-refractivity contribution in [3.8, 4) is 0 Å². The number of nitrogens with zero attached hydrogens (tertiary/aromatic N) is 2. The summed E-state index contributed by atoms with van der Waals surface area (Å²) in [6, 6.07) is 6.67. The lowest BCUT2D eigenvalue weighted by Crippen LogP contribution is -2.35. The van der Waals surface area contributed by atoms with Gasteiger partial charge in [-0.25, -0.2) is 14.2 Å². The SMILES string of the molecule is Cc1c([C@@H](NC(=O)Nc2ccc(C(=O)N(C)C)nc2)C(C)C)oc2ccc(F)cc12. The Kier molecular flexibility index (Phi) is 6.05. The first-order valence-corrected chi connectivity index (χ1v) is 9.61. The normalized spacial score (nSPS) is 12.1. The Morgan fingerprint density at radius 1 is 1.17 bits per heavy atom. The summed E-state index contributed by atoms with van der Waals surface area (Å²) in [6.07, 6.45) is 1.43. The highest BCUT2D eigenvalue weighted by atomic mass is 19.1. The molecule has 2 N–H and O–H groups in total. The molecular formula is C22H25FN4O3. The topological polar surface area (TPSA) is 87.5 Å². The number of aryl methyl sites for hydroxylation is 1. The second kappa shape index (κ2) is 8.52. The zero-order valence-corrected chi connectivity index (χ0v) is 17.6. The molecule has 3 amide bonds. The number of carbonyl (C=O) groups is 2. The summed E-state index contributed by atoms with van der Waals surface area (Å²) < 4.78 is 19.5. The molecule has 0 aliphatic rings. The molecular weight excluding hydrogens is 387 g/mol. The first-order valence-electron chi connectivity index (χ1n) is 9.61. The molecule has 3 rings (SSSR count). The maximum Gasteiger partial charge on any atom is 0.319 e. The van der Waals surface area contributed by atoms with Crippen molar-refractivity contribution in [1.82, 2.24) is 15.2 Å². The number of anilines is 1. The lowest BCUT2D eigenvalue weighted by Gasteiger charge is -2.21. The van der Waals surface area contributed by atoms with Crippen molar-refractivity contribution in [3.63, 3.8) is 0 Å². The summed E-state index contributed by atoms with van der Waals surface area (Å²) >= 11 is 0. The van der Waals surface area contributed by atoms with Crippen molar-refractivity contribution in [3.05, 3.63) is 59.4 Å². The summed E-state index contributed by atoms with van der Waals surface area (Å²) in [5.41, 5.74) is 2.10. The van der Waals surface area contributed by atoms with Crippen LogP contribution in [0, 0.1) is 18.7 Å². The molecule has 2 aromatic heterocycles. The Morgan fingerprint density at radius 3 is 2.50 bits per heavy atom. The number of rotatable bonds is 5. The van der Waals surface area contributed by atoms with E-state index in [0.717, 1.165) is 5.56 Å². The van der Waals surface area contributed by atoms with Crippen molar-refractivity contribution < 1.29 is 18.4 Å². The highest BCUT2D eigenvalue weighted by Gasteiger charge is 2.25. The van der Waals surface area contributed by atoms with E-state index >= 15 is 0 Å². The largest absolute Gasteiger partial charge is 0.459 e. The number of amides is 3. The first-order chi connectivity index (χ1) is 14.2. The fourth-order valence-corrected chi connectivity index (χ4v) is 3.18. The third-order valence-electron chi connectivity index (χ3n) is 4.82. The quantitative estimate of drug-likeness (QED) is 0.646. The lowest BCUT2D eigenvalue weighted by molar-refractivity contribution is 0.0822. The average Bonchev–Trinajstić information content (AvgIpc) is 3.01. The molecule has 0 saturated heterocycles. The fourth-order valence-electron chi connectivity index (χ4n) is 3.18. The number of nitrogens with one attached hydrogen (secondary N) is 2. The summed E-state index contributed by atoms with van der Waals surface area (Å²) in [5.74, 6) is 0.0555. The molecule has 1 atom stereocenters. The maximum absolute atomic E-state index is 13.6. The van der Waals surface area contributed by atoms with Crippen LogP contribution in [0.25, 0.3) is 11.0 Å². The molecule has 2 heterocycles. The van der Waals surface area contributed by atoms with Crippen molar-refractivity contribution in [2.24, 2.45) is 5.92 Å². The van der Waals surface area contributed by atoms with E-state index in [0.29, 0.717) is 22.4 Å². The van der Waals surface area contributed by atoms with Crippen molar-refractivity contribution in [1.29, 1.82) is 0 Å². The van der Waals surface area contributed by atoms with E-state index in [-0.39, 0.29) is 23.3 Å². The molecule has 0 aliphatic heterocycles. The Bertz CT molecular complexity index is 1070. The zero-order chi connectivity index (χ0) is 22.0. The molecule has 30 heavy (non-hydrogen) atoms. The van der Waals surface area contributed by atoms with Gasteiger partial charge in [0.1, 0.15) is 22.9 Å². The van der Waals surface area contributed by atoms with Crippen LogP contribution >= 0.6 is 0 Å². The van der Waals surface area contributed by atoms with Gasteiger partial charge in [-0.2, -0.15) is 0 Å². The van der Waals surface area contributed by atoms with Crippen molar-refractivity contribution in [2.45, 2.75) is 26.8 Å². The highest BCUT2D eigenvalue weighted by Crippen LogP contribution is 2.33. The second-order valence-corrected chi connectivity index (χ2v) is 7.68. The van der Waals surface area contributed by atoms with Gasteiger partial charge in [0.15, 0.2) is 0 Å². The van der Waals surface area contributed by atoms with Gasteiger partial charge in [0.2, 0.25) is 0 Å². The van der Waals surface area contributed by atoms with Crippen LogP contribution in [-0.2, 0) is 0 Å². The third-order valence-corrected chi connectivity index (χ3v) is 4.82. The van der Waals surface area contributed by atoms with Crippen LogP contribution in [0.2, 0.25) is 0 Å². The number of hydrogen-bond acceptors (Lipinski definition) is 4. The van der Waals surface area contributed by atoms with Gasteiger partial charge in [0.05, 0.1) is 17.9 Å². The molecule has 158 valence electrons. The molecule has 7 nitrogen and oxygen atoms in total. The number of carbonyl (C=O) groups excluding carboxylic acids is 2. The molecule has 3 aromatic rings. The average molecular weight is 412 g/mol. The summed E-state index contributed by atoms with van der Waals surface area (Å²) in [4.78, 5) is 30.0. The number of furan rings is 1. The minimum Gasteiger partial charge on any atom is -0.459 e. The van der Waals surface area contributed by atoms with Gasteiger partial charge in [-0.15, -0.1) is 0 Å². The number of urea groups is 1. The molecule has 0 unspecified atom stereocenters. The number of halogens is 1. The van der Waals surface area contributed by atoms with Gasteiger partial charge in [0.25, 0.3) is 5.91 Å². The van der Waals surface area contributed by atoms with E-state index in [9.17, 15) is 14.0 Å². The van der Waals surface area contributed by atoms with E-state index < -0.39 is 12.1 Å². The van der Waals surface area contributed by atoms with Crippen molar-refractivity contribution in [2.75, 3.05) is 19.4 Å². The molecule has 0 bridgehead atoms. The summed E-state index contributed by atoms with van der Waals surface area (Å²) in [7, 11) is 3.29. The van der Waals surface area contributed by atoms with Crippen LogP contribution in [0.3, 0.4) is 0 Å². The van der Waals surface area contributed by atoms with E-state index in [4.69, 9.17) is 4.42 Å². The van der Waals surface area contributed by atoms with E-state index in [2.05, 4.69) is 15.6 Å². The molecule has 0 aliphatic carbocycles. The molecule has 0 spiro atoms. The Morgan fingerprint density at radius 2 is 1.90 bits per heavy atom. The van der Waals surface area contributed by atoms with Crippen LogP contribution in [0.5, 0.6) is 0 Å². The lowest BCUT2D eigenvalue weighted by atomic mass is 9.98. The predicted molar refractivity (Wildman–Crippen MR) is 113 cm³/mol. The van der Waals surface area contributed by atoms with Gasteiger partial charge in [-0.1, -0.05) is 13.8 Å². The van der Waals surface area contributed by atoms with Crippen LogP contribution in [-0.4, -0.2) is 35.9 Å². The molecule has 0 saturated carbocycles. The summed E-state index contributed by atoms with van der Waals surface area (Å²) in [5, 5.41) is 6.31. The minimum atomic E-state index is -0.437. The Hall–Kier alpha value is -3.42. The van der Waals surface area contributed by atoms with E-state index in [1.165, 1.54) is 23.2 Å². The highest BCUT2D eigenvalue weighted by molar-refractivity contribution is 5.93. The number of hydrogen-bond donors (Lipinski definition) is 2. The number of fused-ring (bicyclic) bond motifs is 1. The van der Waals surface area contributed by atoms with Crippen LogP contribution in [0.1, 0.15) is 41.7 Å². The monoisotopic (exact) mass is 412 g/mol. The molecule has 8 heteroatoms. The Balaban J connectivity index is 1.77. The van der Waals surface area contributed by atoms with Crippen LogP contribution in [0.4, 0.5) is 14.9 Å². The van der Waals surface area contributed by atoms with Gasteiger partial charge in [0, 0.05) is 25.0 Å². The van der Waals surface area contributed by atoms with Gasteiger partial charge >= 0.3 is 6.03 Å². The number of pyridine rings is 1. The summed E-state index contributed by atoms with van der Waals surface area (Å²) in [6.45, 7) is 5.77. The molecule has 1 aromatic carbocycles. The van der Waals surface area contributed by atoms with Crippen LogP contribution < -0.4 is 10.6 Å². The third kappa shape index (κ3) is 4.42. The van der Waals surface area contributed by atoms with Crippen LogP contribution in [0.15, 0.2) is 40.9 Å². The second-order valence-electron chi connectivity index (χ2n) is 7.68. The van der Waals surface area contributed by atoms with Gasteiger partial charge < -0.3 is 20.0 Å². The molecule has 0 radical (unpaired) electrons. The Labute approximate surface area is 174 Å². The molecule has 0 fully saturated rings. The van der Waals surface area contributed by atoms with E-state index in [1.807, 2.05) is 20.8 Å². The predicted octanol–water partition coefficient (Wildman–Crippen LogP) is 4.50. The smallest absolute Gasteiger partial charge is 0.319 e. The fraction of sp³-hybridized carbons (Fsp3) is 0.318. The maximum atomic E-state index is 13.6.